The molecule has 1 saturated heterocycles. The van der Waals surface area contributed by atoms with Gasteiger partial charge in [-0.05, 0) is 48.4 Å². The number of halogens is 3. The molecule has 1 N–H and O–H groups in total. The van der Waals surface area contributed by atoms with Crippen molar-refractivity contribution in [3.05, 3.63) is 59.7 Å². The summed E-state index contributed by atoms with van der Waals surface area (Å²) in [5.41, 5.74) is -0.0533. The number of alkyl halides is 3. The van der Waals surface area contributed by atoms with E-state index in [0.29, 0.717) is 23.6 Å². The van der Waals surface area contributed by atoms with E-state index < -0.39 is 22.5 Å². The van der Waals surface area contributed by atoms with E-state index in [-0.39, 0.29) is 30.9 Å². The van der Waals surface area contributed by atoms with Crippen molar-refractivity contribution in [1.29, 1.82) is 0 Å². The van der Waals surface area contributed by atoms with Gasteiger partial charge in [-0.15, -0.1) is 0 Å². The predicted octanol–water partition coefficient (Wildman–Crippen LogP) is 4.01. The third-order valence-corrected chi connectivity index (χ3v) is 6.41. The summed E-state index contributed by atoms with van der Waals surface area (Å²) in [5, 5.41) is 8.68. The van der Waals surface area contributed by atoms with E-state index in [1.807, 2.05) is 13.8 Å². The van der Waals surface area contributed by atoms with Gasteiger partial charge < -0.3 is 14.7 Å². The van der Waals surface area contributed by atoms with Gasteiger partial charge in [-0.3, -0.25) is 9.00 Å². The highest BCUT2D eigenvalue weighted by atomic mass is 32.2. The Hall–Kier alpha value is -2.39. The third-order valence-electron chi connectivity index (χ3n) is 4.68. The predicted molar refractivity (Wildman–Crippen MR) is 112 cm³/mol. The molecule has 0 saturated carbocycles. The molecule has 1 heterocycles. The molecule has 1 aliphatic rings. The van der Waals surface area contributed by atoms with Gasteiger partial charge in [0.05, 0.1) is 28.2 Å². The fourth-order valence-corrected chi connectivity index (χ4v) is 4.45. The number of hydrogen-bond acceptors (Lipinski definition) is 4. The van der Waals surface area contributed by atoms with Gasteiger partial charge in [0.25, 0.3) is 5.91 Å². The molecule has 0 aliphatic carbocycles. The number of likely N-dealkylation sites (tertiary alicyclic amines) is 1. The molecule has 0 aromatic heterocycles. The molecule has 170 valence electrons. The lowest BCUT2D eigenvalue weighted by atomic mass is 10.2. The van der Waals surface area contributed by atoms with Gasteiger partial charge in [-0.1, -0.05) is 26.0 Å². The Morgan fingerprint density at radius 3 is 2.29 bits per heavy atom. The van der Waals surface area contributed by atoms with Gasteiger partial charge in [0.15, 0.2) is 6.61 Å². The van der Waals surface area contributed by atoms with Crippen LogP contribution < -0.4 is 4.74 Å². The minimum absolute atomic E-state index is 0.0789. The second-order valence-corrected chi connectivity index (χ2v) is 8.39. The number of aliphatic hydroxyl groups excluding tert-OH is 1. The molecular formula is C22H26F3NO4S. The average Bonchev–Trinajstić information content (AvgIpc) is 3.28. The van der Waals surface area contributed by atoms with Gasteiger partial charge in [0.1, 0.15) is 5.75 Å². The number of nitrogens with zero attached hydrogens (tertiary/aromatic N) is 1. The summed E-state index contributed by atoms with van der Waals surface area (Å²) in [6.45, 7) is 4.44. The van der Waals surface area contributed by atoms with E-state index in [1.165, 1.54) is 12.1 Å². The van der Waals surface area contributed by atoms with Crippen molar-refractivity contribution in [3.63, 3.8) is 0 Å². The Kier molecular flexibility index (Phi) is 9.06. The lowest BCUT2D eigenvalue weighted by Gasteiger charge is -2.17. The molecule has 2 unspecified atom stereocenters. The fourth-order valence-electron chi connectivity index (χ4n) is 3.03. The van der Waals surface area contributed by atoms with Gasteiger partial charge in [0, 0.05) is 18.0 Å². The highest BCUT2D eigenvalue weighted by Crippen LogP contribution is 2.30. The molecule has 0 radical (unpaired) electrons. The van der Waals surface area contributed by atoms with Crippen LogP contribution in [0, 0.1) is 0 Å². The molecule has 1 fully saturated rings. The normalized spacial score (nSPS) is 17.0. The maximum atomic E-state index is 12.7. The Bertz CT molecular complexity index is 870. The van der Waals surface area contributed by atoms with Crippen molar-refractivity contribution in [3.8, 4) is 5.75 Å². The smallest absolute Gasteiger partial charge is 0.416 e. The lowest BCUT2D eigenvalue weighted by Crippen LogP contribution is -2.34. The molecule has 2 atom stereocenters. The Morgan fingerprint density at radius 1 is 1.13 bits per heavy atom. The molecule has 0 bridgehead atoms. The van der Waals surface area contributed by atoms with Crippen molar-refractivity contribution in [2.24, 2.45) is 0 Å². The first-order valence-corrected chi connectivity index (χ1v) is 11.2. The van der Waals surface area contributed by atoms with Crippen LogP contribution in [0.15, 0.2) is 53.4 Å². The minimum Gasteiger partial charge on any atom is -0.484 e. The van der Waals surface area contributed by atoms with Crippen LogP contribution in [0.5, 0.6) is 5.75 Å². The molecule has 1 aliphatic heterocycles. The zero-order valence-corrected chi connectivity index (χ0v) is 18.2. The number of amides is 1. The highest BCUT2D eigenvalue weighted by molar-refractivity contribution is 7.85. The van der Waals surface area contributed by atoms with Crippen molar-refractivity contribution in [1.82, 2.24) is 4.90 Å². The molecule has 2 aromatic carbocycles. The first-order valence-electron chi connectivity index (χ1n) is 9.96. The number of hydrogen-bond donors (Lipinski definition) is 1. The van der Waals surface area contributed by atoms with Gasteiger partial charge in [0.2, 0.25) is 0 Å². The number of ether oxygens (including phenoxy) is 1. The summed E-state index contributed by atoms with van der Waals surface area (Å²) >= 11 is 0. The SMILES string of the molecule is CC.O=C(COc1ccc(CO)cc1)N1CCC(S(=O)c2ccc(C(F)(F)F)cc2)C1. The van der Waals surface area contributed by atoms with Crippen LogP contribution in [0.1, 0.15) is 31.4 Å². The van der Waals surface area contributed by atoms with E-state index in [2.05, 4.69) is 0 Å². The molecule has 5 nitrogen and oxygen atoms in total. The van der Waals surface area contributed by atoms with E-state index in [9.17, 15) is 22.2 Å². The van der Waals surface area contributed by atoms with Crippen LogP contribution >= 0.6 is 0 Å². The zero-order chi connectivity index (χ0) is 23.0. The number of benzene rings is 2. The van der Waals surface area contributed by atoms with Crippen LogP contribution in [0.25, 0.3) is 0 Å². The van der Waals surface area contributed by atoms with Crippen molar-refractivity contribution >= 4 is 16.7 Å². The van der Waals surface area contributed by atoms with Crippen LogP contribution in [0.3, 0.4) is 0 Å². The van der Waals surface area contributed by atoms with E-state index in [4.69, 9.17) is 9.84 Å². The maximum absolute atomic E-state index is 12.7. The number of rotatable bonds is 6. The summed E-state index contributed by atoms with van der Waals surface area (Å²) in [6, 6.07) is 11.0. The maximum Gasteiger partial charge on any atom is 0.416 e. The monoisotopic (exact) mass is 457 g/mol. The Labute approximate surface area is 182 Å². The summed E-state index contributed by atoms with van der Waals surface area (Å²) in [7, 11) is -1.50. The molecule has 9 heteroatoms. The summed E-state index contributed by atoms with van der Waals surface area (Å²) in [6.07, 6.45) is -3.93. The third kappa shape index (κ3) is 6.80. The average molecular weight is 458 g/mol. The molecule has 1 amide bonds. The van der Waals surface area contributed by atoms with Crippen molar-refractivity contribution < 1.29 is 32.0 Å². The molecule has 2 aromatic rings. The van der Waals surface area contributed by atoms with Crippen molar-refractivity contribution in [2.45, 2.75) is 43.2 Å². The van der Waals surface area contributed by atoms with Crippen LogP contribution in [0.2, 0.25) is 0 Å². The quantitative estimate of drug-likeness (QED) is 0.712. The minimum atomic E-state index is -4.44. The molecule has 3 rings (SSSR count). The number of aliphatic hydroxyl groups is 1. The highest BCUT2D eigenvalue weighted by Gasteiger charge is 2.33. The van der Waals surface area contributed by atoms with Crippen LogP contribution in [0.4, 0.5) is 13.2 Å². The summed E-state index contributed by atoms with van der Waals surface area (Å²) < 4.78 is 56.1. The van der Waals surface area contributed by atoms with Crippen molar-refractivity contribution in [2.75, 3.05) is 19.7 Å². The zero-order valence-electron chi connectivity index (χ0n) is 17.4. The van der Waals surface area contributed by atoms with E-state index in [0.717, 1.165) is 17.7 Å². The largest absolute Gasteiger partial charge is 0.484 e. The second-order valence-electron chi connectivity index (χ2n) is 6.66. The molecular weight excluding hydrogens is 431 g/mol. The van der Waals surface area contributed by atoms with Crippen LogP contribution in [-0.4, -0.2) is 45.1 Å². The lowest BCUT2D eigenvalue weighted by molar-refractivity contribution is -0.137. The van der Waals surface area contributed by atoms with Gasteiger partial charge in [-0.25, -0.2) is 0 Å². The Morgan fingerprint density at radius 2 is 1.74 bits per heavy atom. The first kappa shape index (κ1) is 24.9. The topological polar surface area (TPSA) is 66.8 Å². The Balaban J connectivity index is 0.00000166. The fraction of sp³-hybridized carbons (Fsp3) is 0.409. The van der Waals surface area contributed by atoms with Gasteiger partial charge in [-0.2, -0.15) is 13.2 Å². The molecule has 0 spiro atoms. The van der Waals surface area contributed by atoms with Crippen LogP contribution in [-0.2, 0) is 28.4 Å². The molecule has 31 heavy (non-hydrogen) atoms. The first-order chi connectivity index (χ1) is 14.8. The summed E-state index contributed by atoms with van der Waals surface area (Å²) in [5.74, 6) is 0.253. The van der Waals surface area contributed by atoms with Gasteiger partial charge >= 0.3 is 6.18 Å². The number of carbonyl (C=O) groups is 1. The van der Waals surface area contributed by atoms with E-state index in [1.54, 1.807) is 29.2 Å². The van der Waals surface area contributed by atoms with E-state index >= 15 is 0 Å². The number of carbonyl (C=O) groups excluding carboxylic acids is 1. The summed E-state index contributed by atoms with van der Waals surface area (Å²) in [4.78, 5) is 14.2. The second kappa shape index (κ2) is 11.3. The standard InChI is InChI=1S/C20H20F3NO4S.C2H6/c21-20(22,23)15-3-7-17(8-4-15)29(27)18-9-10-24(11-18)19(26)13-28-16-5-1-14(12-25)2-6-16;1-2/h1-8,18,25H,9-13H2;1-2H3.